The van der Waals surface area contributed by atoms with Gasteiger partial charge in [0.2, 0.25) is 0 Å². The summed E-state index contributed by atoms with van der Waals surface area (Å²) in [7, 11) is 1.66. The van der Waals surface area contributed by atoms with Crippen LogP contribution in [-0.4, -0.2) is 28.5 Å². The zero-order valence-electron chi connectivity index (χ0n) is 12.0. The molecule has 2 aromatic heterocycles. The second-order valence-electron chi connectivity index (χ2n) is 4.71. The molecule has 0 aliphatic heterocycles. The van der Waals surface area contributed by atoms with E-state index in [1.54, 1.807) is 19.5 Å². The fourth-order valence-electron chi connectivity index (χ4n) is 2.23. The summed E-state index contributed by atoms with van der Waals surface area (Å²) in [6, 6.07) is 3.90. The van der Waals surface area contributed by atoms with E-state index in [0.717, 1.165) is 24.1 Å². The average molecular weight is 310 g/mol. The van der Waals surface area contributed by atoms with Gasteiger partial charge in [0, 0.05) is 19.5 Å². The van der Waals surface area contributed by atoms with Crippen molar-refractivity contribution in [2.75, 3.05) is 13.7 Å². The Kier molecular flexibility index (Phi) is 6.13. The molecule has 0 fully saturated rings. The normalized spacial score (nSPS) is 12.5. The van der Waals surface area contributed by atoms with E-state index < -0.39 is 0 Å². The third-order valence-corrected chi connectivity index (χ3v) is 3.61. The first-order valence-corrected chi connectivity index (χ1v) is 7.19. The zero-order valence-corrected chi connectivity index (χ0v) is 12.8. The summed E-state index contributed by atoms with van der Waals surface area (Å²) in [5, 5.41) is 4.89. The number of hydrogen-bond donors (Lipinski definition) is 2. The molecule has 0 bridgehead atoms. The van der Waals surface area contributed by atoms with Gasteiger partial charge in [-0.2, -0.15) is 5.10 Å². The number of nitrogens with one attached hydrogen (secondary N) is 1. The van der Waals surface area contributed by atoms with Crippen LogP contribution in [0.15, 0.2) is 30.7 Å². The van der Waals surface area contributed by atoms with Gasteiger partial charge in [0.1, 0.15) is 0 Å². The summed E-state index contributed by atoms with van der Waals surface area (Å²) in [4.78, 5) is 4.12. The Bertz CT molecular complexity index is 546. The molecule has 1 unspecified atom stereocenters. The smallest absolute Gasteiger partial charge is 0.0834 e. The summed E-state index contributed by atoms with van der Waals surface area (Å²) in [5.41, 5.74) is 4.88. The van der Waals surface area contributed by atoms with Gasteiger partial charge in [-0.25, -0.2) is 0 Å². The summed E-state index contributed by atoms with van der Waals surface area (Å²) in [6.07, 6.45) is 6.92. The molecule has 2 aromatic rings. The Morgan fingerprint density at radius 3 is 3.00 bits per heavy atom. The summed E-state index contributed by atoms with van der Waals surface area (Å²) >= 11 is 6.25. The molecule has 0 aliphatic carbocycles. The molecule has 2 heterocycles. The van der Waals surface area contributed by atoms with E-state index in [4.69, 9.17) is 22.2 Å². The molecule has 7 heteroatoms. The summed E-state index contributed by atoms with van der Waals surface area (Å²) < 4.78 is 6.92. The Hall–Kier alpha value is -1.47. The lowest BCUT2D eigenvalue weighted by atomic mass is 10.0. The number of halogens is 1. The molecule has 0 saturated heterocycles. The first-order chi connectivity index (χ1) is 10.3. The van der Waals surface area contributed by atoms with Crippen LogP contribution < -0.4 is 11.3 Å². The predicted octanol–water partition coefficient (Wildman–Crippen LogP) is 1.72. The SMILES string of the molecule is COCCn1ncc(Cl)c1C(CCc1cccnc1)NN. The second-order valence-corrected chi connectivity index (χ2v) is 5.12. The van der Waals surface area contributed by atoms with E-state index in [9.17, 15) is 0 Å². The number of hydrogen-bond acceptors (Lipinski definition) is 5. The van der Waals surface area contributed by atoms with Gasteiger partial charge in [-0.1, -0.05) is 17.7 Å². The summed E-state index contributed by atoms with van der Waals surface area (Å²) in [6.45, 7) is 1.22. The van der Waals surface area contributed by atoms with E-state index >= 15 is 0 Å². The van der Waals surface area contributed by atoms with Gasteiger partial charge < -0.3 is 4.74 Å². The fraction of sp³-hybridized carbons (Fsp3) is 0.429. The van der Waals surface area contributed by atoms with Crippen molar-refractivity contribution < 1.29 is 4.74 Å². The first kappa shape index (κ1) is 15.9. The number of pyridine rings is 1. The molecule has 0 amide bonds. The Labute approximate surface area is 129 Å². The predicted molar refractivity (Wildman–Crippen MR) is 81.7 cm³/mol. The van der Waals surface area contributed by atoms with Gasteiger partial charge >= 0.3 is 0 Å². The third kappa shape index (κ3) is 4.25. The van der Waals surface area contributed by atoms with Crippen molar-refractivity contribution >= 4 is 11.6 Å². The Balaban J connectivity index is 2.08. The number of methoxy groups -OCH3 is 1. The van der Waals surface area contributed by atoms with Gasteiger partial charge in [-0.3, -0.25) is 20.9 Å². The van der Waals surface area contributed by atoms with Crippen molar-refractivity contribution in [2.24, 2.45) is 5.84 Å². The van der Waals surface area contributed by atoms with Gasteiger partial charge in [-0.15, -0.1) is 0 Å². The molecular weight excluding hydrogens is 290 g/mol. The summed E-state index contributed by atoms with van der Waals surface area (Å²) in [5.74, 6) is 5.70. The van der Waals surface area contributed by atoms with Crippen molar-refractivity contribution in [1.82, 2.24) is 20.2 Å². The van der Waals surface area contributed by atoms with Gasteiger partial charge in [0.05, 0.1) is 36.1 Å². The van der Waals surface area contributed by atoms with E-state index in [-0.39, 0.29) is 6.04 Å². The first-order valence-electron chi connectivity index (χ1n) is 6.81. The average Bonchev–Trinajstić information content (AvgIpc) is 2.88. The maximum atomic E-state index is 6.25. The second kappa shape index (κ2) is 8.09. The third-order valence-electron chi connectivity index (χ3n) is 3.32. The van der Waals surface area contributed by atoms with E-state index in [1.165, 1.54) is 0 Å². The van der Waals surface area contributed by atoms with Crippen LogP contribution in [0.1, 0.15) is 23.7 Å². The monoisotopic (exact) mass is 309 g/mol. The van der Waals surface area contributed by atoms with Gasteiger partial charge in [-0.05, 0) is 24.5 Å². The highest BCUT2D eigenvalue weighted by Gasteiger charge is 2.19. The van der Waals surface area contributed by atoms with Crippen molar-refractivity contribution in [2.45, 2.75) is 25.4 Å². The number of aryl methyl sites for hydroxylation is 1. The number of ether oxygens (including phenoxy) is 1. The number of aromatic nitrogens is 3. The molecule has 0 spiro atoms. The molecule has 6 nitrogen and oxygen atoms in total. The number of hydrazine groups is 1. The van der Waals surface area contributed by atoms with Crippen LogP contribution in [0.2, 0.25) is 5.02 Å². The van der Waals surface area contributed by atoms with E-state index in [0.29, 0.717) is 18.2 Å². The molecule has 21 heavy (non-hydrogen) atoms. The van der Waals surface area contributed by atoms with Crippen molar-refractivity contribution in [3.05, 3.63) is 47.0 Å². The molecule has 0 aliphatic rings. The highest BCUT2D eigenvalue weighted by Crippen LogP contribution is 2.25. The lowest BCUT2D eigenvalue weighted by Gasteiger charge is -2.18. The lowest BCUT2D eigenvalue weighted by Crippen LogP contribution is -2.31. The van der Waals surface area contributed by atoms with Crippen LogP contribution in [0.25, 0.3) is 0 Å². The minimum absolute atomic E-state index is 0.0722. The van der Waals surface area contributed by atoms with E-state index in [2.05, 4.69) is 15.5 Å². The van der Waals surface area contributed by atoms with Crippen molar-refractivity contribution in [3.8, 4) is 0 Å². The van der Waals surface area contributed by atoms with Crippen LogP contribution in [-0.2, 0) is 17.7 Å². The molecule has 114 valence electrons. The van der Waals surface area contributed by atoms with Crippen LogP contribution in [0.4, 0.5) is 0 Å². The lowest BCUT2D eigenvalue weighted by molar-refractivity contribution is 0.181. The van der Waals surface area contributed by atoms with Crippen molar-refractivity contribution in [1.29, 1.82) is 0 Å². The number of nitrogens with zero attached hydrogens (tertiary/aromatic N) is 3. The van der Waals surface area contributed by atoms with Gasteiger partial charge in [0.15, 0.2) is 0 Å². The minimum Gasteiger partial charge on any atom is -0.383 e. The molecular formula is C14H20ClN5O. The van der Waals surface area contributed by atoms with E-state index in [1.807, 2.05) is 23.0 Å². The maximum absolute atomic E-state index is 6.25. The van der Waals surface area contributed by atoms with Crippen LogP contribution in [0.5, 0.6) is 0 Å². The van der Waals surface area contributed by atoms with Crippen LogP contribution in [0, 0.1) is 0 Å². The van der Waals surface area contributed by atoms with Gasteiger partial charge in [0.25, 0.3) is 0 Å². The van der Waals surface area contributed by atoms with Crippen molar-refractivity contribution in [3.63, 3.8) is 0 Å². The molecule has 0 aromatic carbocycles. The minimum atomic E-state index is -0.0722. The highest BCUT2D eigenvalue weighted by atomic mass is 35.5. The van der Waals surface area contributed by atoms with Crippen LogP contribution in [0.3, 0.4) is 0 Å². The standard InChI is InChI=1S/C14H20ClN5O/c1-21-8-7-20-14(12(15)10-18-20)13(19-16)5-4-11-3-2-6-17-9-11/h2-3,6,9-10,13,19H,4-5,7-8,16H2,1H3. The fourth-order valence-corrected chi connectivity index (χ4v) is 2.50. The Morgan fingerprint density at radius 1 is 1.48 bits per heavy atom. The zero-order chi connectivity index (χ0) is 15.1. The topological polar surface area (TPSA) is 78.0 Å². The highest BCUT2D eigenvalue weighted by molar-refractivity contribution is 6.31. The number of nitrogens with two attached hydrogens (primary N) is 1. The number of rotatable bonds is 8. The molecule has 3 N–H and O–H groups in total. The molecule has 1 atom stereocenters. The largest absolute Gasteiger partial charge is 0.383 e. The maximum Gasteiger partial charge on any atom is 0.0834 e. The molecule has 0 radical (unpaired) electrons. The quantitative estimate of drug-likeness (QED) is 0.573. The van der Waals surface area contributed by atoms with Crippen LogP contribution >= 0.6 is 11.6 Å². The molecule has 2 rings (SSSR count). The molecule has 0 saturated carbocycles. The Morgan fingerprint density at radius 2 is 2.33 bits per heavy atom.